The van der Waals surface area contributed by atoms with E-state index < -0.39 is 4.92 Å². The molecule has 17 heavy (non-hydrogen) atoms. The van der Waals surface area contributed by atoms with Crippen LogP contribution in [0.1, 0.15) is 5.56 Å². The number of thiophene rings is 1. The highest BCUT2D eigenvalue weighted by Gasteiger charge is 2.24. The van der Waals surface area contributed by atoms with Crippen LogP contribution in [0, 0.1) is 21.4 Å². The van der Waals surface area contributed by atoms with Crippen molar-refractivity contribution in [2.75, 3.05) is 5.73 Å². The van der Waals surface area contributed by atoms with Gasteiger partial charge in [-0.2, -0.15) is 5.26 Å². The molecule has 0 aliphatic heterocycles. The van der Waals surface area contributed by atoms with E-state index in [4.69, 9.17) is 11.0 Å². The molecule has 0 bridgehead atoms. The lowest BCUT2D eigenvalue weighted by Crippen LogP contribution is -1.92. The average molecular weight is 245 g/mol. The van der Waals surface area contributed by atoms with Gasteiger partial charge in [-0.3, -0.25) is 10.1 Å². The Bertz CT molecular complexity index is 614. The molecule has 6 heteroatoms. The van der Waals surface area contributed by atoms with Crippen LogP contribution in [0.15, 0.2) is 30.3 Å². The summed E-state index contributed by atoms with van der Waals surface area (Å²) >= 11 is 0.925. The predicted octanol–water partition coefficient (Wildman–Crippen LogP) is 2.78. The first-order valence-electron chi connectivity index (χ1n) is 4.67. The van der Waals surface area contributed by atoms with Crippen LogP contribution in [-0.2, 0) is 0 Å². The lowest BCUT2D eigenvalue weighted by atomic mass is 10.1. The molecule has 2 rings (SSSR count). The van der Waals surface area contributed by atoms with Gasteiger partial charge in [0.15, 0.2) is 0 Å². The Hall–Kier alpha value is -2.39. The lowest BCUT2D eigenvalue weighted by molar-refractivity contribution is -0.379. The maximum absolute atomic E-state index is 10.8. The predicted molar refractivity (Wildman–Crippen MR) is 65.5 cm³/mol. The molecule has 0 spiro atoms. The zero-order valence-corrected chi connectivity index (χ0v) is 9.40. The molecule has 84 valence electrons. The molecule has 1 aromatic heterocycles. The molecule has 0 aliphatic rings. The summed E-state index contributed by atoms with van der Waals surface area (Å²) < 4.78 is 0. The van der Waals surface area contributed by atoms with Crippen molar-refractivity contribution in [1.29, 1.82) is 5.26 Å². The van der Waals surface area contributed by atoms with E-state index >= 15 is 0 Å². The summed E-state index contributed by atoms with van der Waals surface area (Å²) in [4.78, 5) is 10.7. The second-order valence-corrected chi connectivity index (χ2v) is 4.26. The van der Waals surface area contributed by atoms with E-state index in [1.807, 2.05) is 12.1 Å². The number of rotatable bonds is 2. The molecule has 0 saturated heterocycles. The zero-order chi connectivity index (χ0) is 12.4. The standard InChI is InChI=1S/C11H7N3O2S/c12-6-8-9(13)11(14(15)16)17-10(8)7-4-2-1-3-5-7/h1-5H,13H2. The van der Waals surface area contributed by atoms with Gasteiger partial charge in [-0.25, -0.2) is 0 Å². The molecule has 0 atom stereocenters. The first kappa shape index (κ1) is 11.1. The minimum Gasteiger partial charge on any atom is -0.391 e. The van der Waals surface area contributed by atoms with Crippen LogP contribution in [-0.4, -0.2) is 4.92 Å². The van der Waals surface area contributed by atoms with Crippen LogP contribution in [0.2, 0.25) is 0 Å². The van der Waals surface area contributed by atoms with Crippen molar-refractivity contribution in [3.05, 3.63) is 46.0 Å². The Morgan fingerprint density at radius 3 is 2.53 bits per heavy atom. The summed E-state index contributed by atoms with van der Waals surface area (Å²) in [5.41, 5.74) is 6.48. The third-order valence-corrected chi connectivity index (χ3v) is 3.45. The lowest BCUT2D eigenvalue weighted by Gasteiger charge is -1.96. The summed E-state index contributed by atoms with van der Waals surface area (Å²) in [5, 5.41) is 19.6. The van der Waals surface area contributed by atoms with Gasteiger partial charge in [0.25, 0.3) is 0 Å². The Labute approximate surface area is 101 Å². The highest BCUT2D eigenvalue weighted by atomic mass is 32.1. The Balaban J connectivity index is 2.68. The van der Waals surface area contributed by atoms with Crippen molar-refractivity contribution in [2.24, 2.45) is 0 Å². The fraction of sp³-hybridized carbons (Fsp3) is 0. The van der Waals surface area contributed by atoms with E-state index in [1.165, 1.54) is 0 Å². The van der Waals surface area contributed by atoms with Gasteiger partial charge in [0, 0.05) is 0 Å². The third kappa shape index (κ3) is 1.84. The number of anilines is 1. The van der Waals surface area contributed by atoms with Crippen molar-refractivity contribution < 1.29 is 4.92 Å². The molecule has 0 saturated carbocycles. The van der Waals surface area contributed by atoms with E-state index in [1.54, 1.807) is 24.3 Å². The number of nitrogens with two attached hydrogens (primary N) is 1. The molecule has 5 nitrogen and oxygen atoms in total. The first-order chi connectivity index (χ1) is 8.15. The number of nitro groups is 1. The molecule has 0 amide bonds. The minimum atomic E-state index is -0.562. The van der Waals surface area contributed by atoms with E-state index in [2.05, 4.69) is 0 Å². The van der Waals surface area contributed by atoms with E-state index in [-0.39, 0.29) is 16.3 Å². The van der Waals surface area contributed by atoms with Crippen LogP contribution in [0.3, 0.4) is 0 Å². The molecule has 1 heterocycles. The zero-order valence-electron chi connectivity index (χ0n) is 8.58. The second kappa shape index (κ2) is 4.23. The molecule has 2 aromatic rings. The summed E-state index contributed by atoms with van der Waals surface area (Å²) in [6.07, 6.45) is 0. The number of hydrogen-bond acceptors (Lipinski definition) is 5. The molecule has 0 radical (unpaired) electrons. The number of hydrogen-bond donors (Lipinski definition) is 1. The van der Waals surface area contributed by atoms with Crippen molar-refractivity contribution in [3.8, 4) is 16.5 Å². The topological polar surface area (TPSA) is 92.9 Å². The summed E-state index contributed by atoms with van der Waals surface area (Å²) in [7, 11) is 0. The fourth-order valence-electron chi connectivity index (χ4n) is 1.47. The molecular weight excluding hydrogens is 238 g/mol. The van der Waals surface area contributed by atoms with Gasteiger partial charge in [-0.05, 0) is 5.56 Å². The summed E-state index contributed by atoms with van der Waals surface area (Å²) in [6.45, 7) is 0. The summed E-state index contributed by atoms with van der Waals surface area (Å²) in [5.74, 6) is 0. The van der Waals surface area contributed by atoms with Gasteiger partial charge in [-0.1, -0.05) is 41.7 Å². The highest BCUT2D eigenvalue weighted by Crippen LogP contribution is 2.42. The fourth-order valence-corrected chi connectivity index (χ4v) is 2.46. The largest absolute Gasteiger partial charge is 0.391 e. The van der Waals surface area contributed by atoms with Crippen LogP contribution >= 0.6 is 11.3 Å². The van der Waals surface area contributed by atoms with Gasteiger partial charge >= 0.3 is 5.00 Å². The van der Waals surface area contributed by atoms with E-state index in [0.29, 0.717) is 4.88 Å². The number of nitrogen functional groups attached to an aromatic ring is 1. The Morgan fingerprint density at radius 2 is 2.00 bits per heavy atom. The monoisotopic (exact) mass is 245 g/mol. The molecular formula is C11H7N3O2S. The quantitative estimate of drug-likeness (QED) is 0.650. The summed E-state index contributed by atoms with van der Waals surface area (Å²) in [6, 6.07) is 10.9. The van der Waals surface area contributed by atoms with Crippen LogP contribution in [0.25, 0.3) is 10.4 Å². The van der Waals surface area contributed by atoms with E-state index in [0.717, 1.165) is 16.9 Å². The van der Waals surface area contributed by atoms with Crippen molar-refractivity contribution in [1.82, 2.24) is 0 Å². The number of nitriles is 1. The average Bonchev–Trinajstić information content (AvgIpc) is 2.67. The normalized spacial score (nSPS) is 9.82. The van der Waals surface area contributed by atoms with E-state index in [9.17, 15) is 10.1 Å². The maximum Gasteiger partial charge on any atom is 0.348 e. The Morgan fingerprint density at radius 1 is 1.35 bits per heavy atom. The minimum absolute atomic E-state index is 0.0543. The van der Waals surface area contributed by atoms with Crippen molar-refractivity contribution >= 4 is 22.0 Å². The first-order valence-corrected chi connectivity index (χ1v) is 5.49. The maximum atomic E-state index is 10.8. The van der Waals surface area contributed by atoms with Crippen LogP contribution in [0.4, 0.5) is 10.7 Å². The third-order valence-electron chi connectivity index (χ3n) is 2.24. The van der Waals surface area contributed by atoms with Gasteiger partial charge in [0.1, 0.15) is 17.3 Å². The van der Waals surface area contributed by atoms with Gasteiger partial charge < -0.3 is 5.73 Å². The highest BCUT2D eigenvalue weighted by molar-refractivity contribution is 7.19. The van der Waals surface area contributed by atoms with Gasteiger partial charge in [0.2, 0.25) is 0 Å². The van der Waals surface area contributed by atoms with Crippen LogP contribution in [0.5, 0.6) is 0 Å². The van der Waals surface area contributed by atoms with Crippen molar-refractivity contribution in [2.45, 2.75) is 0 Å². The smallest absolute Gasteiger partial charge is 0.348 e. The van der Waals surface area contributed by atoms with Gasteiger partial charge in [0.05, 0.1) is 9.80 Å². The van der Waals surface area contributed by atoms with Crippen molar-refractivity contribution in [3.63, 3.8) is 0 Å². The SMILES string of the molecule is N#Cc1c(-c2ccccc2)sc([N+](=O)[O-])c1N. The van der Waals surface area contributed by atoms with Crippen LogP contribution < -0.4 is 5.73 Å². The molecule has 0 aliphatic carbocycles. The molecule has 0 fully saturated rings. The molecule has 2 N–H and O–H groups in total. The number of nitrogens with zero attached hydrogens (tertiary/aromatic N) is 2. The Kier molecular flexibility index (Phi) is 2.77. The van der Waals surface area contributed by atoms with Gasteiger partial charge in [-0.15, -0.1) is 0 Å². The second-order valence-electron chi connectivity index (χ2n) is 3.26. The number of benzene rings is 1. The molecule has 0 unspecified atom stereocenters. The molecule has 1 aromatic carbocycles.